The normalized spacial score (nSPS) is 12.6. The lowest BCUT2D eigenvalue weighted by Crippen LogP contribution is -2.30. The molecule has 0 saturated heterocycles. The van der Waals surface area contributed by atoms with E-state index < -0.39 is 0 Å². The third-order valence-corrected chi connectivity index (χ3v) is 4.09. The van der Waals surface area contributed by atoms with E-state index in [1.165, 1.54) is 11.1 Å². The molecule has 0 aliphatic carbocycles. The average molecular weight is 303 g/mol. The molecule has 0 aromatic heterocycles. The lowest BCUT2D eigenvalue weighted by atomic mass is 10.0. The summed E-state index contributed by atoms with van der Waals surface area (Å²) in [5, 5.41) is 0.756. The van der Waals surface area contributed by atoms with Gasteiger partial charge in [0.2, 0.25) is 0 Å². The molecule has 21 heavy (non-hydrogen) atoms. The summed E-state index contributed by atoms with van der Waals surface area (Å²) in [6.45, 7) is 3.62. The summed E-state index contributed by atoms with van der Waals surface area (Å²) in [6, 6.07) is 16.9. The van der Waals surface area contributed by atoms with Crippen LogP contribution in [0.15, 0.2) is 48.5 Å². The van der Waals surface area contributed by atoms with Crippen LogP contribution in [0.2, 0.25) is 5.02 Å². The molecule has 0 radical (unpaired) electrons. The number of aryl methyl sites for hydroxylation is 1. The van der Waals surface area contributed by atoms with Crippen molar-refractivity contribution in [1.82, 2.24) is 4.90 Å². The highest BCUT2D eigenvalue weighted by molar-refractivity contribution is 6.30. The largest absolute Gasteiger partial charge is 0.329 e. The molecule has 2 aromatic carbocycles. The molecule has 2 rings (SSSR count). The molecule has 2 aromatic rings. The molecule has 0 saturated carbocycles. The molecule has 0 bridgehead atoms. The van der Waals surface area contributed by atoms with Crippen molar-refractivity contribution in [3.63, 3.8) is 0 Å². The number of likely N-dealkylation sites (N-methyl/N-ethyl adjacent to an activating group) is 1. The number of hydrogen-bond donors (Lipinski definition) is 1. The number of nitrogens with zero attached hydrogens (tertiary/aromatic N) is 1. The summed E-state index contributed by atoms with van der Waals surface area (Å²) < 4.78 is 0. The smallest absolute Gasteiger partial charge is 0.0471 e. The Kier molecular flexibility index (Phi) is 5.80. The van der Waals surface area contributed by atoms with Crippen molar-refractivity contribution in [2.75, 3.05) is 13.6 Å². The van der Waals surface area contributed by atoms with Gasteiger partial charge in [-0.1, -0.05) is 54.9 Å². The highest BCUT2D eigenvalue weighted by Crippen LogP contribution is 2.23. The van der Waals surface area contributed by atoms with Crippen molar-refractivity contribution in [1.29, 1.82) is 0 Å². The summed E-state index contributed by atoms with van der Waals surface area (Å²) >= 11 is 6.08. The fourth-order valence-electron chi connectivity index (χ4n) is 2.56. The second-order valence-electron chi connectivity index (χ2n) is 5.39. The molecule has 2 N–H and O–H groups in total. The second kappa shape index (κ2) is 7.60. The highest BCUT2D eigenvalue weighted by atomic mass is 35.5. The highest BCUT2D eigenvalue weighted by Gasteiger charge is 2.15. The summed E-state index contributed by atoms with van der Waals surface area (Å²) in [5.74, 6) is 0. The minimum absolute atomic E-state index is 0.176. The maximum absolute atomic E-state index is 6.08. The van der Waals surface area contributed by atoms with Gasteiger partial charge >= 0.3 is 0 Å². The van der Waals surface area contributed by atoms with E-state index >= 15 is 0 Å². The molecular weight excluding hydrogens is 280 g/mol. The van der Waals surface area contributed by atoms with E-state index in [9.17, 15) is 0 Å². The van der Waals surface area contributed by atoms with Crippen LogP contribution in [-0.4, -0.2) is 18.5 Å². The minimum Gasteiger partial charge on any atom is -0.329 e. The summed E-state index contributed by atoms with van der Waals surface area (Å²) in [6.07, 6.45) is 1.07. The van der Waals surface area contributed by atoms with Gasteiger partial charge < -0.3 is 5.73 Å². The lowest BCUT2D eigenvalue weighted by molar-refractivity contribution is 0.242. The average Bonchev–Trinajstić information content (AvgIpc) is 2.49. The molecule has 0 spiro atoms. The standard InChI is InChI=1S/C18H23ClN2/c1-3-14-7-9-15(10-8-14)13-21(2)18(12-20)16-5-4-6-17(19)11-16/h4-11,18H,3,12-13,20H2,1-2H3. The number of nitrogens with two attached hydrogens (primary N) is 1. The zero-order valence-electron chi connectivity index (χ0n) is 12.7. The van der Waals surface area contributed by atoms with Gasteiger partial charge in [0.15, 0.2) is 0 Å². The Balaban J connectivity index is 2.10. The predicted octanol–water partition coefficient (Wildman–Crippen LogP) is 4.03. The van der Waals surface area contributed by atoms with Gasteiger partial charge in [0.05, 0.1) is 0 Å². The van der Waals surface area contributed by atoms with Crippen molar-refractivity contribution in [2.45, 2.75) is 25.9 Å². The van der Waals surface area contributed by atoms with Crippen LogP contribution < -0.4 is 5.73 Å². The van der Waals surface area contributed by atoms with E-state index in [1.54, 1.807) is 0 Å². The Morgan fingerprint density at radius 1 is 1.10 bits per heavy atom. The third-order valence-electron chi connectivity index (χ3n) is 3.85. The molecule has 2 nitrogen and oxygen atoms in total. The van der Waals surface area contributed by atoms with Gasteiger partial charge in [0.1, 0.15) is 0 Å². The van der Waals surface area contributed by atoms with Crippen molar-refractivity contribution in [3.05, 3.63) is 70.2 Å². The first kappa shape index (κ1) is 16.0. The van der Waals surface area contributed by atoms with Gasteiger partial charge in [-0.15, -0.1) is 0 Å². The molecule has 0 amide bonds. The van der Waals surface area contributed by atoms with Crippen LogP contribution in [0.3, 0.4) is 0 Å². The SMILES string of the molecule is CCc1ccc(CN(C)C(CN)c2cccc(Cl)c2)cc1. The van der Waals surface area contributed by atoms with Crippen LogP contribution in [0.25, 0.3) is 0 Å². The number of rotatable bonds is 6. The Morgan fingerprint density at radius 2 is 1.76 bits per heavy atom. The van der Waals surface area contributed by atoms with Crippen LogP contribution in [0.5, 0.6) is 0 Å². The van der Waals surface area contributed by atoms with E-state index in [4.69, 9.17) is 17.3 Å². The molecule has 112 valence electrons. The second-order valence-corrected chi connectivity index (χ2v) is 5.83. The minimum atomic E-state index is 0.176. The van der Waals surface area contributed by atoms with Crippen molar-refractivity contribution in [3.8, 4) is 0 Å². The van der Waals surface area contributed by atoms with Gasteiger partial charge in [-0.2, -0.15) is 0 Å². The Morgan fingerprint density at radius 3 is 2.33 bits per heavy atom. The van der Waals surface area contributed by atoms with Gasteiger partial charge in [0, 0.05) is 24.2 Å². The molecule has 1 atom stereocenters. The Bertz CT molecular complexity index is 566. The van der Waals surface area contributed by atoms with Crippen LogP contribution in [0.1, 0.15) is 29.7 Å². The first-order chi connectivity index (χ1) is 10.1. The molecule has 1 unspecified atom stereocenters. The third kappa shape index (κ3) is 4.31. The zero-order valence-corrected chi connectivity index (χ0v) is 13.5. The Labute approximate surface area is 132 Å². The van der Waals surface area contributed by atoms with E-state index in [0.29, 0.717) is 6.54 Å². The summed E-state index contributed by atoms with van der Waals surface area (Å²) in [5.41, 5.74) is 9.80. The Hall–Kier alpha value is -1.35. The quantitative estimate of drug-likeness (QED) is 0.873. The van der Waals surface area contributed by atoms with Gasteiger partial charge in [-0.25, -0.2) is 0 Å². The van der Waals surface area contributed by atoms with Crippen LogP contribution in [0.4, 0.5) is 0 Å². The van der Waals surface area contributed by atoms with Crippen molar-refractivity contribution >= 4 is 11.6 Å². The lowest BCUT2D eigenvalue weighted by Gasteiger charge is -2.27. The summed E-state index contributed by atoms with van der Waals surface area (Å²) in [7, 11) is 2.10. The monoisotopic (exact) mass is 302 g/mol. The fourth-order valence-corrected chi connectivity index (χ4v) is 2.76. The van der Waals surface area contributed by atoms with E-state index in [1.807, 2.05) is 18.2 Å². The van der Waals surface area contributed by atoms with Gasteiger partial charge in [0.25, 0.3) is 0 Å². The van der Waals surface area contributed by atoms with Crippen LogP contribution >= 0.6 is 11.6 Å². The molecule has 0 aliphatic rings. The van der Waals surface area contributed by atoms with E-state index in [0.717, 1.165) is 23.6 Å². The maximum atomic E-state index is 6.08. The van der Waals surface area contributed by atoms with Gasteiger partial charge in [-0.3, -0.25) is 4.90 Å². The molecule has 0 aliphatic heterocycles. The van der Waals surface area contributed by atoms with Crippen LogP contribution in [-0.2, 0) is 13.0 Å². The van der Waals surface area contributed by atoms with Crippen molar-refractivity contribution in [2.24, 2.45) is 5.73 Å². The number of hydrogen-bond acceptors (Lipinski definition) is 2. The molecule has 3 heteroatoms. The molecule has 0 fully saturated rings. The molecular formula is C18H23ClN2. The number of benzene rings is 2. The van der Waals surface area contributed by atoms with Crippen LogP contribution in [0, 0.1) is 0 Å². The first-order valence-electron chi connectivity index (χ1n) is 7.37. The fraction of sp³-hybridized carbons (Fsp3) is 0.333. The predicted molar refractivity (Wildman–Crippen MR) is 90.5 cm³/mol. The first-order valence-corrected chi connectivity index (χ1v) is 7.75. The van der Waals surface area contributed by atoms with E-state index in [2.05, 4.69) is 49.2 Å². The number of halogens is 1. The topological polar surface area (TPSA) is 29.3 Å². The summed E-state index contributed by atoms with van der Waals surface area (Å²) in [4.78, 5) is 2.27. The van der Waals surface area contributed by atoms with Crippen molar-refractivity contribution < 1.29 is 0 Å². The van der Waals surface area contributed by atoms with Gasteiger partial charge in [-0.05, 0) is 42.3 Å². The van der Waals surface area contributed by atoms with E-state index in [-0.39, 0.29) is 6.04 Å². The zero-order chi connectivity index (χ0) is 15.2. The maximum Gasteiger partial charge on any atom is 0.0471 e. The molecule has 0 heterocycles.